The molecule has 29 heavy (non-hydrogen) atoms. The Morgan fingerprint density at radius 2 is 1.90 bits per heavy atom. The summed E-state index contributed by atoms with van der Waals surface area (Å²) < 4.78 is 12.3. The van der Waals surface area contributed by atoms with Crippen LogP contribution in [0, 0.1) is 0 Å². The molecule has 0 aliphatic rings. The molecular weight excluding hydrogens is 364 g/mol. The predicted octanol–water partition coefficient (Wildman–Crippen LogP) is 5.02. The third kappa shape index (κ3) is 4.29. The van der Waals surface area contributed by atoms with Gasteiger partial charge in [0.15, 0.2) is 0 Å². The molecule has 5 nitrogen and oxygen atoms in total. The van der Waals surface area contributed by atoms with Gasteiger partial charge in [0.05, 0.1) is 26.5 Å². The molecule has 148 valence electrons. The van der Waals surface area contributed by atoms with E-state index in [9.17, 15) is 4.79 Å². The molecule has 5 heteroatoms. The first-order valence-corrected chi connectivity index (χ1v) is 9.28. The third-order valence-electron chi connectivity index (χ3n) is 4.67. The van der Waals surface area contributed by atoms with Crippen molar-refractivity contribution >= 4 is 22.6 Å². The number of fused-ring (bicyclic) bond motifs is 1. The average molecular weight is 388 g/mol. The van der Waals surface area contributed by atoms with Gasteiger partial charge < -0.3 is 14.0 Å². The second-order valence-electron chi connectivity index (χ2n) is 6.38. The van der Waals surface area contributed by atoms with Gasteiger partial charge in [-0.3, -0.25) is 0 Å². The van der Waals surface area contributed by atoms with E-state index in [2.05, 4.69) is 34.3 Å². The summed E-state index contributed by atoms with van der Waals surface area (Å²) in [7, 11) is 3.00. The number of hydrogen-bond acceptors (Lipinski definition) is 4. The number of carbonyl (C=O) groups excluding carboxylic acids is 1. The fourth-order valence-corrected chi connectivity index (χ4v) is 3.19. The van der Waals surface area contributed by atoms with Crippen molar-refractivity contribution in [2.75, 3.05) is 14.2 Å². The lowest BCUT2D eigenvalue weighted by Crippen LogP contribution is -2.11. The quantitative estimate of drug-likeness (QED) is 0.324. The SMILES string of the molecule is C=CC(Cn1c(-c2ccccc2)cc2cc(OC)ccc21)=N/C(=C\C)C(=O)OC. The van der Waals surface area contributed by atoms with Gasteiger partial charge in [0.1, 0.15) is 11.4 Å². The molecule has 3 rings (SSSR count). The first-order valence-electron chi connectivity index (χ1n) is 9.28. The first kappa shape index (κ1) is 20.1. The Balaban J connectivity index is 2.13. The zero-order chi connectivity index (χ0) is 20.8. The van der Waals surface area contributed by atoms with Crippen molar-refractivity contribution < 1.29 is 14.3 Å². The van der Waals surface area contributed by atoms with Gasteiger partial charge in [0.2, 0.25) is 0 Å². The van der Waals surface area contributed by atoms with Crippen LogP contribution in [0.3, 0.4) is 0 Å². The number of esters is 1. The number of carbonyl (C=O) groups is 1. The molecule has 0 aliphatic carbocycles. The summed E-state index contributed by atoms with van der Waals surface area (Å²) in [4.78, 5) is 16.4. The second-order valence-corrected chi connectivity index (χ2v) is 6.38. The van der Waals surface area contributed by atoms with Gasteiger partial charge >= 0.3 is 5.97 Å². The molecule has 0 unspecified atom stereocenters. The Hall–Kier alpha value is -3.60. The molecule has 2 aromatic carbocycles. The molecule has 0 amide bonds. The van der Waals surface area contributed by atoms with Gasteiger partial charge in [0, 0.05) is 16.6 Å². The molecule has 0 saturated heterocycles. The van der Waals surface area contributed by atoms with Gasteiger partial charge in [-0.25, -0.2) is 9.79 Å². The van der Waals surface area contributed by atoms with E-state index >= 15 is 0 Å². The van der Waals surface area contributed by atoms with Crippen molar-refractivity contribution in [2.24, 2.45) is 4.99 Å². The molecule has 0 aliphatic heterocycles. The van der Waals surface area contributed by atoms with Crippen molar-refractivity contribution in [1.29, 1.82) is 0 Å². The van der Waals surface area contributed by atoms with Crippen LogP contribution in [0.1, 0.15) is 6.92 Å². The maximum Gasteiger partial charge on any atom is 0.356 e. The third-order valence-corrected chi connectivity index (χ3v) is 4.67. The molecule has 0 spiro atoms. The number of benzene rings is 2. The molecule has 0 radical (unpaired) electrons. The Bertz CT molecular complexity index is 1090. The highest BCUT2D eigenvalue weighted by molar-refractivity contribution is 6.01. The van der Waals surface area contributed by atoms with Gasteiger partial charge in [0.25, 0.3) is 0 Å². The monoisotopic (exact) mass is 388 g/mol. The highest BCUT2D eigenvalue weighted by Crippen LogP contribution is 2.30. The van der Waals surface area contributed by atoms with E-state index in [1.807, 2.05) is 36.4 Å². The Morgan fingerprint density at radius 1 is 1.14 bits per heavy atom. The Kier molecular flexibility index (Phi) is 6.29. The van der Waals surface area contributed by atoms with Crippen LogP contribution < -0.4 is 4.74 Å². The maximum absolute atomic E-state index is 11.9. The molecule has 0 atom stereocenters. The molecule has 0 fully saturated rings. The lowest BCUT2D eigenvalue weighted by molar-refractivity contribution is -0.136. The topological polar surface area (TPSA) is 52.8 Å². The lowest BCUT2D eigenvalue weighted by atomic mass is 10.1. The molecule has 0 bridgehead atoms. The van der Waals surface area contributed by atoms with E-state index in [-0.39, 0.29) is 5.70 Å². The zero-order valence-corrected chi connectivity index (χ0v) is 16.9. The Morgan fingerprint density at radius 3 is 2.52 bits per heavy atom. The molecule has 0 saturated carbocycles. The maximum atomic E-state index is 11.9. The number of allylic oxidation sites excluding steroid dienone is 2. The normalized spacial score (nSPS) is 12.1. The number of ether oxygens (including phenoxy) is 2. The summed E-state index contributed by atoms with van der Waals surface area (Å²) in [6.07, 6.45) is 3.29. The van der Waals surface area contributed by atoms with E-state index < -0.39 is 5.97 Å². The van der Waals surface area contributed by atoms with E-state index in [4.69, 9.17) is 9.47 Å². The summed E-state index contributed by atoms with van der Waals surface area (Å²) in [5, 5.41) is 1.06. The van der Waals surface area contributed by atoms with Gasteiger partial charge in [-0.2, -0.15) is 0 Å². The van der Waals surface area contributed by atoms with Crippen LogP contribution in [0.4, 0.5) is 0 Å². The zero-order valence-electron chi connectivity index (χ0n) is 16.9. The number of hydrogen-bond donors (Lipinski definition) is 0. The second kappa shape index (κ2) is 9.06. The average Bonchev–Trinajstić information content (AvgIpc) is 3.13. The van der Waals surface area contributed by atoms with Crippen molar-refractivity contribution in [2.45, 2.75) is 13.5 Å². The summed E-state index contributed by atoms with van der Waals surface area (Å²) in [6.45, 7) is 6.09. The molecule has 1 heterocycles. The number of nitrogens with zero attached hydrogens (tertiary/aromatic N) is 2. The van der Waals surface area contributed by atoms with Crippen LogP contribution in [0.25, 0.3) is 22.2 Å². The fraction of sp³-hybridized carbons (Fsp3) is 0.167. The summed E-state index contributed by atoms with van der Waals surface area (Å²) in [6, 6.07) is 18.2. The van der Waals surface area contributed by atoms with Crippen molar-refractivity contribution in [3.63, 3.8) is 0 Å². The van der Waals surface area contributed by atoms with Crippen LogP contribution in [0.5, 0.6) is 5.75 Å². The molecule has 0 N–H and O–H groups in total. The molecule has 3 aromatic rings. The molecule has 1 aromatic heterocycles. The van der Waals surface area contributed by atoms with Crippen molar-refractivity contribution in [1.82, 2.24) is 4.57 Å². The van der Waals surface area contributed by atoms with E-state index in [0.717, 1.165) is 27.9 Å². The van der Waals surface area contributed by atoms with E-state index in [0.29, 0.717) is 12.3 Å². The van der Waals surface area contributed by atoms with E-state index in [1.165, 1.54) is 7.11 Å². The van der Waals surface area contributed by atoms with Crippen molar-refractivity contribution in [3.8, 4) is 17.0 Å². The van der Waals surface area contributed by atoms with Crippen LogP contribution in [0.15, 0.2) is 84.0 Å². The standard InChI is InChI=1S/C24H24N2O3/c1-5-19(25-21(6-2)24(27)29-4)16-26-22-13-12-20(28-3)14-18(22)15-23(26)17-10-8-7-9-11-17/h5-15H,1,16H2,2-4H3/b21-6-,25-19?. The minimum absolute atomic E-state index is 0.252. The summed E-state index contributed by atoms with van der Waals surface area (Å²) in [5.41, 5.74) is 4.09. The van der Waals surface area contributed by atoms with Gasteiger partial charge in [-0.05, 0) is 42.8 Å². The Labute approximate surface area is 170 Å². The van der Waals surface area contributed by atoms with Crippen LogP contribution in [-0.4, -0.2) is 30.5 Å². The minimum Gasteiger partial charge on any atom is -0.497 e. The summed E-state index contributed by atoms with van der Waals surface area (Å²) in [5.74, 6) is 0.325. The largest absolute Gasteiger partial charge is 0.497 e. The number of rotatable bonds is 7. The first-order chi connectivity index (χ1) is 14.1. The van der Waals surface area contributed by atoms with Crippen molar-refractivity contribution in [3.05, 3.63) is 79.0 Å². The highest BCUT2D eigenvalue weighted by Gasteiger charge is 2.14. The van der Waals surface area contributed by atoms with E-state index in [1.54, 1.807) is 26.2 Å². The highest BCUT2D eigenvalue weighted by atomic mass is 16.5. The van der Waals surface area contributed by atoms with Crippen LogP contribution >= 0.6 is 0 Å². The van der Waals surface area contributed by atoms with Crippen LogP contribution in [-0.2, 0) is 16.1 Å². The number of methoxy groups -OCH3 is 2. The smallest absolute Gasteiger partial charge is 0.356 e. The molecular formula is C24H24N2O3. The fourth-order valence-electron chi connectivity index (χ4n) is 3.19. The summed E-state index contributed by atoms with van der Waals surface area (Å²) >= 11 is 0. The minimum atomic E-state index is -0.475. The predicted molar refractivity (Wildman–Crippen MR) is 117 cm³/mol. The number of aliphatic imine (C=N–C) groups is 1. The van der Waals surface area contributed by atoms with Crippen LogP contribution in [0.2, 0.25) is 0 Å². The number of aromatic nitrogens is 1. The van der Waals surface area contributed by atoms with Gasteiger partial charge in [-0.15, -0.1) is 0 Å². The lowest BCUT2D eigenvalue weighted by Gasteiger charge is -2.12. The van der Waals surface area contributed by atoms with Gasteiger partial charge in [-0.1, -0.05) is 43.0 Å².